The number of ketones is 2. The number of aromatic nitrogens is 3. The fourth-order valence-electron chi connectivity index (χ4n) is 7.40. The van der Waals surface area contributed by atoms with Gasteiger partial charge < -0.3 is 9.47 Å². The standard InChI is InChI=1S/C21H19ClN4O2.C17H18O.C15H12OS.6C2H6/c1-24(2)14-8-6-7-13(11-14)20-19-16(12-18(27)25(20)3)23-26(21(19)28)17-10-5-4-9-15(17)22;1-13-3-7-15(8-4-13)11-17(18)12-16-9-5-14(2)6-10-16;1-10(16)11-6-7-15-13(8-11)9-12-4-2-3-5-14(12)17-15;6*1-2/h4-12,23H,1-3H3;3-10H,11-12H2,1-2H3;2-8H,9H2,1H3;6*1-2H3. The average Bonchev–Trinajstić information content (AvgIpc) is 3.77. The largest absolute Gasteiger partial charge is 0.378 e. The summed E-state index contributed by atoms with van der Waals surface area (Å²) in [6.07, 6.45) is 1.97. The number of Topliss-reactive ketones (excluding diaryl/α,β-unsaturated/α-hetero) is 2. The maximum Gasteiger partial charge on any atom is 0.281 e. The van der Waals surface area contributed by atoms with Crippen LogP contribution in [-0.4, -0.2) is 40.0 Å². The molecule has 6 aromatic carbocycles. The molecule has 0 radical (unpaired) electrons. The molecule has 0 amide bonds. The molecule has 9 rings (SSSR count). The predicted octanol–water partition coefficient (Wildman–Crippen LogP) is 17.2. The zero-order chi connectivity index (χ0) is 56.8. The van der Waals surface area contributed by atoms with Gasteiger partial charge in [0.05, 0.1) is 27.3 Å². The van der Waals surface area contributed by atoms with Gasteiger partial charge in [0, 0.05) is 66.7 Å². The molecule has 1 aliphatic heterocycles. The monoisotopic (exact) mass is 1050 g/mol. The number of fused-ring (bicyclic) bond motifs is 3. The molecule has 3 heterocycles. The topological polar surface area (TPSA) is 97.2 Å². The Morgan fingerprint density at radius 2 is 1.13 bits per heavy atom. The summed E-state index contributed by atoms with van der Waals surface area (Å²) in [5.74, 6) is 0.402. The Hall–Kier alpha value is -6.68. The van der Waals surface area contributed by atoms with Crippen molar-refractivity contribution in [2.24, 2.45) is 7.05 Å². The Kier molecular flexibility index (Phi) is 31.4. The van der Waals surface area contributed by atoms with E-state index in [-0.39, 0.29) is 22.7 Å². The van der Waals surface area contributed by atoms with Crippen LogP contribution in [0.15, 0.2) is 165 Å². The first kappa shape index (κ1) is 66.3. The molecule has 0 unspecified atom stereocenters. The van der Waals surface area contributed by atoms with Gasteiger partial charge in [-0.25, -0.2) is 4.68 Å². The smallest absolute Gasteiger partial charge is 0.281 e. The summed E-state index contributed by atoms with van der Waals surface area (Å²) < 4.78 is 2.88. The predicted molar refractivity (Wildman–Crippen MR) is 327 cm³/mol. The number of halogens is 1. The second-order valence-electron chi connectivity index (χ2n) is 16.0. The molecule has 0 atom stereocenters. The molecule has 1 N–H and O–H groups in total. The van der Waals surface area contributed by atoms with E-state index < -0.39 is 0 Å². The fourth-order valence-corrected chi connectivity index (χ4v) is 8.67. The van der Waals surface area contributed by atoms with Gasteiger partial charge in [0.25, 0.3) is 11.1 Å². The number of nitrogens with zero attached hydrogens (tertiary/aromatic N) is 3. The number of hydrogen-bond donors (Lipinski definition) is 1. The number of aryl methyl sites for hydroxylation is 2. The number of carbonyl (C=O) groups excluding carboxylic acids is 2. The van der Waals surface area contributed by atoms with Crippen molar-refractivity contribution in [2.45, 2.75) is 133 Å². The van der Waals surface area contributed by atoms with Crippen LogP contribution >= 0.6 is 23.4 Å². The summed E-state index contributed by atoms with van der Waals surface area (Å²) in [7, 11) is 5.56. The first-order valence-corrected chi connectivity index (χ1v) is 27.8. The first-order chi connectivity index (χ1) is 36.2. The van der Waals surface area contributed by atoms with Crippen molar-refractivity contribution in [3.63, 3.8) is 0 Å². The number of carbonyl (C=O) groups is 2. The number of rotatable bonds is 8. The van der Waals surface area contributed by atoms with Crippen molar-refractivity contribution >= 4 is 51.5 Å². The van der Waals surface area contributed by atoms with Crippen molar-refractivity contribution in [1.82, 2.24) is 14.3 Å². The average molecular weight is 1050 g/mol. The van der Waals surface area contributed by atoms with Gasteiger partial charge in [-0.15, -0.1) is 0 Å². The maximum atomic E-state index is 13.3. The molecule has 75 heavy (non-hydrogen) atoms. The molecular weight excluding hydrogens is 968 g/mol. The van der Waals surface area contributed by atoms with E-state index in [1.807, 2.05) is 163 Å². The number of hydrogen-bond acceptors (Lipinski definition) is 6. The molecular formula is C65H85ClN4O4S. The minimum absolute atomic E-state index is 0.136. The summed E-state index contributed by atoms with van der Waals surface area (Å²) in [5.41, 5.74) is 10.9. The fraction of sp³-hybridized carbons (Fsp3) is 0.323. The van der Waals surface area contributed by atoms with Crippen LogP contribution in [0, 0.1) is 13.8 Å². The summed E-state index contributed by atoms with van der Waals surface area (Å²) in [6, 6.07) is 47.0. The van der Waals surface area contributed by atoms with E-state index >= 15 is 0 Å². The minimum Gasteiger partial charge on any atom is -0.378 e. The second-order valence-corrected chi connectivity index (χ2v) is 17.4. The van der Waals surface area contributed by atoms with Crippen molar-refractivity contribution in [2.75, 3.05) is 19.0 Å². The van der Waals surface area contributed by atoms with Crippen LogP contribution in [0.2, 0.25) is 5.02 Å². The van der Waals surface area contributed by atoms with Crippen molar-refractivity contribution in [3.8, 4) is 16.9 Å². The van der Waals surface area contributed by atoms with Gasteiger partial charge in [-0.3, -0.25) is 24.3 Å². The van der Waals surface area contributed by atoms with Crippen molar-refractivity contribution in [3.05, 3.63) is 210 Å². The third-order valence-electron chi connectivity index (χ3n) is 10.9. The zero-order valence-corrected chi connectivity index (χ0v) is 49.8. The Morgan fingerprint density at radius 3 is 1.67 bits per heavy atom. The molecule has 2 aromatic heterocycles. The quantitative estimate of drug-likeness (QED) is 0.152. The van der Waals surface area contributed by atoms with Gasteiger partial charge in [-0.2, -0.15) is 0 Å². The summed E-state index contributed by atoms with van der Waals surface area (Å²) in [6.45, 7) is 29.7. The van der Waals surface area contributed by atoms with E-state index in [0.29, 0.717) is 40.1 Å². The second kappa shape index (κ2) is 35.5. The lowest BCUT2D eigenvalue weighted by Gasteiger charge is -2.19. The number of aromatic amines is 1. The van der Waals surface area contributed by atoms with E-state index in [4.69, 9.17) is 11.6 Å². The lowest BCUT2D eigenvalue weighted by molar-refractivity contribution is -0.117. The molecule has 0 spiro atoms. The van der Waals surface area contributed by atoms with Gasteiger partial charge in [0.1, 0.15) is 5.78 Å². The van der Waals surface area contributed by atoms with Crippen LogP contribution in [0.5, 0.6) is 0 Å². The minimum atomic E-state index is -0.260. The normalized spacial score (nSPS) is 10.0. The molecule has 402 valence electrons. The van der Waals surface area contributed by atoms with E-state index in [0.717, 1.165) is 34.4 Å². The van der Waals surface area contributed by atoms with Crippen molar-refractivity contribution in [1.29, 1.82) is 0 Å². The van der Waals surface area contributed by atoms with Gasteiger partial charge in [-0.05, 0) is 91.9 Å². The lowest BCUT2D eigenvalue weighted by Crippen LogP contribution is -2.20. The molecule has 0 saturated carbocycles. The van der Waals surface area contributed by atoms with Crippen LogP contribution in [0.25, 0.3) is 27.8 Å². The molecule has 1 aliphatic rings. The maximum absolute atomic E-state index is 13.3. The lowest BCUT2D eigenvalue weighted by atomic mass is 10.0. The van der Waals surface area contributed by atoms with Gasteiger partial charge >= 0.3 is 0 Å². The van der Waals surface area contributed by atoms with Crippen LogP contribution < -0.4 is 16.0 Å². The summed E-state index contributed by atoms with van der Waals surface area (Å²) >= 11 is 8.07. The van der Waals surface area contributed by atoms with E-state index in [1.54, 1.807) is 50.0 Å². The summed E-state index contributed by atoms with van der Waals surface area (Å²) in [5, 5.41) is 3.92. The van der Waals surface area contributed by atoms with E-state index in [9.17, 15) is 19.2 Å². The highest BCUT2D eigenvalue weighted by molar-refractivity contribution is 7.99. The highest BCUT2D eigenvalue weighted by Gasteiger charge is 2.20. The number of anilines is 1. The highest BCUT2D eigenvalue weighted by atomic mass is 35.5. The molecule has 10 heteroatoms. The Morgan fingerprint density at radius 1 is 0.613 bits per heavy atom. The van der Waals surface area contributed by atoms with Gasteiger partial charge in [-0.1, -0.05) is 215 Å². The summed E-state index contributed by atoms with van der Waals surface area (Å²) in [4.78, 5) is 53.8. The zero-order valence-electron chi connectivity index (χ0n) is 48.2. The van der Waals surface area contributed by atoms with E-state index in [2.05, 4.69) is 73.5 Å². The third kappa shape index (κ3) is 19.2. The number of nitrogens with one attached hydrogen (secondary N) is 1. The van der Waals surface area contributed by atoms with Crippen LogP contribution in [0.1, 0.15) is 134 Å². The first-order valence-electron chi connectivity index (χ1n) is 26.7. The Labute approximate surface area is 459 Å². The number of H-pyrrole nitrogens is 1. The SMILES string of the molecule is CC.CC.CC.CC.CC.CC.CC(=O)c1ccc2c(c1)Cc1ccccc1S2.CN(C)c1cccc(-c2c3c(=O)n(-c4ccccc4Cl)[nH]c3cc(=O)n2C)c1.Cc1ccc(CC(=O)Cc2ccc(C)cc2)cc1. The van der Waals surface area contributed by atoms with Crippen LogP contribution in [0.4, 0.5) is 5.69 Å². The molecule has 0 bridgehead atoms. The number of benzene rings is 6. The molecule has 8 nitrogen and oxygen atoms in total. The van der Waals surface area contributed by atoms with Crippen LogP contribution in [0.3, 0.4) is 0 Å². The van der Waals surface area contributed by atoms with Crippen molar-refractivity contribution < 1.29 is 9.59 Å². The number of para-hydroxylation sites is 1. The number of pyridine rings is 1. The van der Waals surface area contributed by atoms with Gasteiger partial charge in [0.2, 0.25) is 0 Å². The Bertz CT molecular complexity index is 3030. The molecule has 0 fully saturated rings. The van der Waals surface area contributed by atoms with E-state index in [1.165, 1.54) is 47.4 Å². The van der Waals surface area contributed by atoms with Crippen LogP contribution in [-0.2, 0) is 31.1 Å². The molecule has 0 aliphatic carbocycles. The Balaban J connectivity index is 0.000000526. The molecule has 8 aromatic rings. The van der Waals surface area contributed by atoms with Gasteiger partial charge in [0.15, 0.2) is 5.78 Å². The highest BCUT2D eigenvalue weighted by Crippen LogP contribution is 2.39. The third-order valence-corrected chi connectivity index (χ3v) is 12.5. The molecule has 0 saturated heterocycles.